The summed E-state index contributed by atoms with van der Waals surface area (Å²) < 4.78 is 0. The highest BCUT2D eigenvalue weighted by molar-refractivity contribution is 7.80. The molecule has 0 unspecified atom stereocenters. The summed E-state index contributed by atoms with van der Waals surface area (Å²) in [5.41, 5.74) is 10.6. The molecular weight excluding hydrogens is 697 g/mol. The van der Waals surface area contributed by atoms with Gasteiger partial charge in [-0.3, -0.25) is 0 Å². The molecule has 4 fully saturated rings. The van der Waals surface area contributed by atoms with Gasteiger partial charge in [-0.25, -0.2) is 0 Å². The number of thiol groups is 3. The number of rotatable bonds is 4. The minimum Gasteiger partial charge on any atom is -0.179 e. The molecule has 0 N–H and O–H groups in total. The predicted octanol–water partition coefficient (Wildman–Crippen LogP) is 10.5. The SMILES string of the molecule is SCC12CC3(CS)CC(CS)(C1)CC(c1ccc(C#Cc4ccc(C#Cc5ccc(C#Cc6ccc(C#CC7=CC=CC7)cc6)cc5)cc4)cc1)(C2)C3. The first kappa shape index (κ1) is 35.7. The van der Waals surface area contributed by atoms with Crippen molar-refractivity contribution in [3.05, 3.63) is 165 Å². The highest BCUT2D eigenvalue weighted by atomic mass is 32.1. The molecule has 53 heavy (non-hydrogen) atoms. The third-order valence-corrected chi connectivity index (χ3v) is 13.8. The summed E-state index contributed by atoms with van der Waals surface area (Å²) in [4.78, 5) is 0. The Morgan fingerprint density at radius 1 is 0.396 bits per heavy atom. The molecule has 0 radical (unpaired) electrons. The standard InChI is InChI=1S/C50H42S3/c51-35-47-29-48(36-52)31-49(30-47,37-53)34-50(32-47,33-48)46-27-25-45(26-28-46)24-23-44-21-19-43(20-22-44)18-17-42-15-13-41(14-16-42)12-11-40-9-7-39(8-10-40)6-5-38-3-1-2-4-38/h1-3,7-10,13-16,19-22,25-28,51-53H,4,29-37H2. The van der Waals surface area contributed by atoms with Gasteiger partial charge in [-0.05, 0) is 174 Å². The first-order valence-corrected chi connectivity index (χ1v) is 20.4. The molecule has 5 aliphatic carbocycles. The van der Waals surface area contributed by atoms with Crippen molar-refractivity contribution >= 4 is 37.9 Å². The Morgan fingerprint density at radius 2 is 0.698 bits per heavy atom. The summed E-state index contributed by atoms with van der Waals surface area (Å²) in [5, 5.41) is 0. The van der Waals surface area contributed by atoms with E-state index < -0.39 is 0 Å². The molecule has 3 heteroatoms. The molecule has 260 valence electrons. The molecule has 0 saturated heterocycles. The fraction of sp³-hybridized carbons (Fsp3) is 0.280. The molecule has 4 saturated carbocycles. The Balaban J connectivity index is 0.886. The summed E-state index contributed by atoms with van der Waals surface area (Å²) in [5.74, 6) is 29.2. The molecule has 4 aromatic rings. The van der Waals surface area contributed by atoms with E-state index in [1.165, 1.54) is 44.1 Å². The van der Waals surface area contributed by atoms with Crippen molar-refractivity contribution in [2.45, 2.75) is 50.4 Å². The van der Waals surface area contributed by atoms with Gasteiger partial charge in [0.15, 0.2) is 0 Å². The van der Waals surface area contributed by atoms with Crippen LogP contribution in [0.5, 0.6) is 0 Å². The largest absolute Gasteiger partial charge is 0.179 e. The van der Waals surface area contributed by atoms with E-state index in [-0.39, 0.29) is 5.41 Å². The van der Waals surface area contributed by atoms with Crippen molar-refractivity contribution in [2.24, 2.45) is 16.2 Å². The van der Waals surface area contributed by atoms with Gasteiger partial charge in [0.05, 0.1) is 0 Å². The summed E-state index contributed by atoms with van der Waals surface area (Å²) >= 11 is 14.8. The molecule has 0 amide bonds. The van der Waals surface area contributed by atoms with Crippen molar-refractivity contribution in [1.29, 1.82) is 0 Å². The van der Waals surface area contributed by atoms with Crippen LogP contribution in [0.1, 0.15) is 89.5 Å². The molecule has 4 bridgehead atoms. The van der Waals surface area contributed by atoms with E-state index in [0.29, 0.717) is 16.2 Å². The van der Waals surface area contributed by atoms with Gasteiger partial charge in [0.1, 0.15) is 0 Å². The lowest BCUT2D eigenvalue weighted by atomic mass is 9.35. The molecular formula is C50H42S3. The quantitative estimate of drug-likeness (QED) is 0.135. The van der Waals surface area contributed by atoms with Crippen LogP contribution in [0.15, 0.2) is 121 Å². The average Bonchev–Trinajstić information content (AvgIpc) is 3.73. The van der Waals surface area contributed by atoms with Gasteiger partial charge in [-0.2, -0.15) is 37.9 Å². The van der Waals surface area contributed by atoms with Crippen LogP contribution in [0.2, 0.25) is 0 Å². The minimum atomic E-state index is 0.191. The van der Waals surface area contributed by atoms with E-state index in [4.69, 9.17) is 37.9 Å². The van der Waals surface area contributed by atoms with Crippen molar-refractivity contribution < 1.29 is 0 Å². The maximum atomic E-state index is 4.93. The maximum Gasteiger partial charge on any atom is 0.0249 e. The van der Waals surface area contributed by atoms with Gasteiger partial charge in [0.25, 0.3) is 0 Å². The van der Waals surface area contributed by atoms with E-state index in [9.17, 15) is 0 Å². The van der Waals surface area contributed by atoms with Gasteiger partial charge in [0, 0.05) is 44.5 Å². The smallest absolute Gasteiger partial charge is 0.0249 e. The van der Waals surface area contributed by atoms with Crippen molar-refractivity contribution in [3.8, 4) is 47.4 Å². The van der Waals surface area contributed by atoms with Crippen LogP contribution in [0.25, 0.3) is 0 Å². The van der Waals surface area contributed by atoms with E-state index >= 15 is 0 Å². The first-order chi connectivity index (χ1) is 25.8. The fourth-order valence-electron chi connectivity index (χ4n) is 10.0. The van der Waals surface area contributed by atoms with Crippen molar-refractivity contribution in [2.75, 3.05) is 17.3 Å². The number of allylic oxidation sites excluding steroid dienone is 4. The van der Waals surface area contributed by atoms with Crippen LogP contribution in [0.4, 0.5) is 0 Å². The van der Waals surface area contributed by atoms with E-state index in [0.717, 1.165) is 68.2 Å². The van der Waals surface area contributed by atoms with Crippen LogP contribution >= 0.6 is 37.9 Å². The maximum absolute atomic E-state index is 4.93. The fourth-order valence-corrected chi connectivity index (χ4v) is 11.0. The second-order valence-corrected chi connectivity index (χ2v) is 16.9. The Morgan fingerprint density at radius 3 is 0.981 bits per heavy atom. The molecule has 0 aliphatic heterocycles. The molecule has 0 heterocycles. The lowest BCUT2D eigenvalue weighted by molar-refractivity contribution is -0.145. The third-order valence-electron chi connectivity index (χ3n) is 11.7. The molecule has 0 atom stereocenters. The summed E-state index contributed by atoms with van der Waals surface area (Å²) in [7, 11) is 0. The zero-order chi connectivity index (χ0) is 36.4. The molecule has 0 nitrogen and oxygen atoms in total. The highest BCUT2D eigenvalue weighted by Gasteiger charge is 2.67. The Bertz CT molecular complexity index is 2270. The molecule has 0 aromatic heterocycles. The highest BCUT2D eigenvalue weighted by Crippen LogP contribution is 2.74. The number of benzene rings is 4. The van der Waals surface area contributed by atoms with Crippen LogP contribution in [0, 0.1) is 63.6 Å². The summed E-state index contributed by atoms with van der Waals surface area (Å²) in [6.45, 7) is 0. The summed E-state index contributed by atoms with van der Waals surface area (Å²) in [6, 6.07) is 33.5. The van der Waals surface area contributed by atoms with Gasteiger partial charge in [-0.1, -0.05) is 77.7 Å². The topological polar surface area (TPSA) is 0 Å². The third kappa shape index (κ3) is 7.69. The van der Waals surface area contributed by atoms with Crippen molar-refractivity contribution in [1.82, 2.24) is 0 Å². The second-order valence-electron chi connectivity index (χ2n) is 15.9. The van der Waals surface area contributed by atoms with Crippen molar-refractivity contribution in [3.63, 3.8) is 0 Å². The molecule has 4 aromatic carbocycles. The van der Waals surface area contributed by atoms with Crippen LogP contribution < -0.4 is 0 Å². The van der Waals surface area contributed by atoms with E-state index in [1.54, 1.807) is 0 Å². The number of hydrogen-bond donors (Lipinski definition) is 3. The van der Waals surface area contributed by atoms with E-state index in [2.05, 4.69) is 89.9 Å². The predicted molar refractivity (Wildman–Crippen MR) is 231 cm³/mol. The first-order valence-electron chi connectivity index (χ1n) is 18.5. The van der Waals surface area contributed by atoms with Gasteiger partial charge >= 0.3 is 0 Å². The lowest BCUT2D eigenvalue weighted by Crippen LogP contribution is -2.64. The average molecular weight is 739 g/mol. The zero-order valence-electron chi connectivity index (χ0n) is 29.9. The van der Waals surface area contributed by atoms with Gasteiger partial charge in [0.2, 0.25) is 0 Å². The summed E-state index contributed by atoms with van der Waals surface area (Å²) in [6.07, 6.45) is 14.7. The lowest BCUT2D eigenvalue weighted by Gasteiger charge is -2.71. The molecule has 0 spiro atoms. The molecule has 9 rings (SSSR count). The minimum absolute atomic E-state index is 0.191. The van der Waals surface area contributed by atoms with Crippen LogP contribution in [-0.2, 0) is 5.41 Å². The normalized spacial score (nSPS) is 25.8. The number of hydrogen-bond acceptors (Lipinski definition) is 3. The van der Waals surface area contributed by atoms with Crippen LogP contribution in [-0.4, -0.2) is 17.3 Å². The Labute approximate surface area is 332 Å². The van der Waals surface area contributed by atoms with Gasteiger partial charge < -0.3 is 0 Å². The van der Waals surface area contributed by atoms with Gasteiger partial charge in [-0.15, -0.1) is 0 Å². The Kier molecular flexibility index (Phi) is 9.97. The zero-order valence-corrected chi connectivity index (χ0v) is 32.6. The monoisotopic (exact) mass is 738 g/mol. The molecule has 5 aliphatic rings. The second kappa shape index (κ2) is 14.8. The van der Waals surface area contributed by atoms with E-state index in [1.807, 2.05) is 72.8 Å². The Hall–Kier alpha value is -4.35. The van der Waals surface area contributed by atoms with Crippen LogP contribution in [0.3, 0.4) is 0 Å².